The number of nitrogens with zero attached hydrogens (tertiary/aromatic N) is 3. The van der Waals surface area contributed by atoms with Crippen LogP contribution in [-0.4, -0.2) is 58.7 Å². The van der Waals surface area contributed by atoms with Crippen LogP contribution in [0.3, 0.4) is 0 Å². The van der Waals surface area contributed by atoms with Gasteiger partial charge in [0.05, 0.1) is 0 Å². The van der Waals surface area contributed by atoms with E-state index in [4.69, 9.17) is 0 Å². The second-order valence-corrected chi connectivity index (χ2v) is 9.44. The van der Waals surface area contributed by atoms with Crippen molar-refractivity contribution in [1.29, 1.82) is 0 Å². The zero-order chi connectivity index (χ0) is 20.7. The number of piperidine rings is 2. The monoisotopic (exact) mass is 407 g/mol. The number of aryl methyl sites for hydroxylation is 1. The van der Waals surface area contributed by atoms with Crippen LogP contribution >= 0.6 is 0 Å². The number of hydrogen-bond acceptors (Lipinski definition) is 4. The van der Waals surface area contributed by atoms with Gasteiger partial charge in [-0.15, -0.1) is 0 Å². The highest BCUT2D eigenvalue weighted by Gasteiger charge is 2.37. The Balaban J connectivity index is 1.26. The molecule has 2 aliphatic heterocycles. The summed E-state index contributed by atoms with van der Waals surface area (Å²) >= 11 is 0. The van der Waals surface area contributed by atoms with E-state index in [1.807, 2.05) is 18.5 Å². The fourth-order valence-corrected chi connectivity index (χ4v) is 5.47. The first-order valence-corrected chi connectivity index (χ1v) is 11.8. The van der Waals surface area contributed by atoms with Crippen LogP contribution in [0, 0.1) is 5.41 Å². The molecule has 0 spiro atoms. The van der Waals surface area contributed by atoms with Crippen molar-refractivity contribution in [1.82, 2.24) is 14.8 Å². The van der Waals surface area contributed by atoms with Gasteiger partial charge in [-0.3, -0.25) is 14.8 Å². The van der Waals surface area contributed by atoms with Crippen LogP contribution in [0.4, 0.5) is 0 Å². The van der Waals surface area contributed by atoms with Crippen molar-refractivity contribution in [2.24, 2.45) is 5.41 Å². The molecule has 1 unspecified atom stereocenters. The van der Waals surface area contributed by atoms with Crippen molar-refractivity contribution in [3.63, 3.8) is 0 Å². The van der Waals surface area contributed by atoms with E-state index in [9.17, 15) is 5.11 Å². The molecule has 0 amide bonds. The van der Waals surface area contributed by atoms with E-state index in [0.29, 0.717) is 12.6 Å². The number of pyridine rings is 1. The lowest BCUT2D eigenvalue weighted by molar-refractivity contribution is -0.00918. The first-order valence-electron chi connectivity index (χ1n) is 11.8. The van der Waals surface area contributed by atoms with E-state index in [1.165, 1.54) is 49.8 Å². The van der Waals surface area contributed by atoms with Crippen LogP contribution in [0.5, 0.6) is 0 Å². The molecule has 1 aromatic carbocycles. The zero-order valence-corrected chi connectivity index (χ0v) is 18.3. The molecule has 4 heteroatoms. The molecule has 2 aliphatic rings. The van der Waals surface area contributed by atoms with E-state index < -0.39 is 0 Å². The lowest BCUT2D eigenvalue weighted by Crippen LogP contribution is -2.52. The predicted octanol–water partition coefficient (Wildman–Crippen LogP) is 4.14. The van der Waals surface area contributed by atoms with Gasteiger partial charge in [-0.2, -0.15) is 0 Å². The third-order valence-corrected chi connectivity index (χ3v) is 7.24. The van der Waals surface area contributed by atoms with Gasteiger partial charge in [0.1, 0.15) is 0 Å². The number of aliphatic hydroxyl groups excluding tert-OH is 1. The molecule has 0 aliphatic carbocycles. The van der Waals surface area contributed by atoms with Crippen molar-refractivity contribution in [3.8, 4) is 0 Å². The van der Waals surface area contributed by atoms with Gasteiger partial charge >= 0.3 is 0 Å². The Morgan fingerprint density at radius 3 is 2.53 bits per heavy atom. The summed E-state index contributed by atoms with van der Waals surface area (Å²) in [6, 6.07) is 15.7. The van der Waals surface area contributed by atoms with Crippen molar-refractivity contribution < 1.29 is 5.11 Å². The van der Waals surface area contributed by atoms with Crippen molar-refractivity contribution in [2.45, 2.75) is 57.5 Å². The smallest absolute Gasteiger partial charge is 0.0499 e. The van der Waals surface area contributed by atoms with Gasteiger partial charge in [0.25, 0.3) is 0 Å². The molecule has 2 saturated heterocycles. The second kappa shape index (κ2) is 10.5. The lowest BCUT2D eigenvalue weighted by Gasteiger charge is -2.47. The van der Waals surface area contributed by atoms with Gasteiger partial charge in [0.15, 0.2) is 0 Å². The Hall–Kier alpha value is -1.75. The third kappa shape index (κ3) is 5.69. The van der Waals surface area contributed by atoms with Crippen LogP contribution < -0.4 is 0 Å². The molecule has 0 bridgehead atoms. The third-order valence-electron chi connectivity index (χ3n) is 7.24. The molecule has 2 fully saturated rings. The summed E-state index contributed by atoms with van der Waals surface area (Å²) in [4.78, 5) is 9.53. The molecular weight excluding hydrogens is 370 g/mol. The van der Waals surface area contributed by atoms with Crippen LogP contribution in [0.2, 0.25) is 0 Å². The Labute approximate surface area is 181 Å². The molecule has 0 radical (unpaired) electrons. The summed E-state index contributed by atoms with van der Waals surface area (Å²) in [6.07, 6.45) is 12.1. The molecule has 30 heavy (non-hydrogen) atoms. The average molecular weight is 408 g/mol. The molecule has 1 N–H and O–H groups in total. The molecule has 1 atom stereocenters. The molecule has 0 saturated carbocycles. The van der Waals surface area contributed by atoms with Gasteiger partial charge in [0.2, 0.25) is 0 Å². The van der Waals surface area contributed by atoms with E-state index in [-0.39, 0.29) is 5.41 Å². The van der Waals surface area contributed by atoms with Crippen molar-refractivity contribution >= 4 is 0 Å². The maximum Gasteiger partial charge on any atom is 0.0499 e. The normalized spacial score (nSPS) is 24.2. The topological polar surface area (TPSA) is 39.6 Å². The highest BCUT2D eigenvalue weighted by atomic mass is 16.3. The number of benzene rings is 1. The molecule has 162 valence electrons. The highest BCUT2D eigenvalue weighted by Crippen LogP contribution is 2.36. The number of likely N-dealkylation sites (tertiary alicyclic amines) is 2. The fraction of sp³-hybridized carbons (Fsp3) is 0.577. The summed E-state index contributed by atoms with van der Waals surface area (Å²) in [5.41, 5.74) is 2.82. The highest BCUT2D eigenvalue weighted by molar-refractivity contribution is 5.14. The molecule has 1 aromatic heterocycles. The minimum Gasteiger partial charge on any atom is -0.396 e. The fourth-order valence-electron chi connectivity index (χ4n) is 5.47. The maximum absolute atomic E-state index is 10.3. The summed E-state index contributed by atoms with van der Waals surface area (Å²) in [5, 5.41) is 10.3. The van der Waals surface area contributed by atoms with Gasteiger partial charge < -0.3 is 5.11 Å². The van der Waals surface area contributed by atoms with E-state index in [0.717, 1.165) is 39.0 Å². The number of hydrogen-bond donors (Lipinski definition) is 1. The average Bonchev–Trinajstić information content (AvgIpc) is 2.81. The van der Waals surface area contributed by atoms with E-state index >= 15 is 0 Å². The Morgan fingerprint density at radius 2 is 1.80 bits per heavy atom. The Kier molecular flexibility index (Phi) is 7.53. The van der Waals surface area contributed by atoms with Gasteiger partial charge in [-0.05, 0) is 81.8 Å². The van der Waals surface area contributed by atoms with Crippen LogP contribution in [0.1, 0.15) is 49.7 Å². The number of aliphatic hydroxyl groups is 1. The van der Waals surface area contributed by atoms with Gasteiger partial charge in [0, 0.05) is 43.5 Å². The standard InChI is InChI=1S/C26H37N3O/c30-22-26(13-4-9-23-7-2-1-3-8-23)14-6-16-29(21-26)25-11-17-28(18-12-25)20-24-10-5-15-27-19-24/h1-3,5,7-8,10,15,19,25,30H,4,6,9,11-14,16-18,20-22H2. The minimum absolute atomic E-state index is 0.0971. The zero-order valence-electron chi connectivity index (χ0n) is 18.3. The Morgan fingerprint density at radius 1 is 1.00 bits per heavy atom. The molecule has 4 nitrogen and oxygen atoms in total. The molecule has 2 aromatic rings. The maximum atomic E-state index is 10.3. The van der Waals surface area contributed by atoms with E-state index in [1.54, 1.807) is 0 Å². The quantitative estimate of drug-likeness (QED) is 0.714. The lowest BCUT2D eigenvalue weighted by atomic mass is 9.75. The predicted molar refractivity (Wildman–Crippen MR) is 122 cm³/mol. The van der Waals surface area contributed by atoms with E-state index in [2.05, 4.69) is 51.2 Å². The number of aromatic nitrogens is 1. The first-order chi connectivity index (χ1) is 14.8. The van der Waals surface area contributed by atoms with Crippen molar-refractivity contribution in [3.05, 3.63) is 66.0 Å². The Bertz CT molecular complexity index is 745. The molecule has 4 rings (SSSR count). The second-order valence-electron chi connectivity index (χ2n) is 9.44. The largest absolute Gasteiger partial charge is 0.396 e. The molecule has 3 heterocycles. The van der Waals surface area contributed by atoms with Crippen LogP contribution in [0.15, 0.2) is 54.9 Å². The van der Waals surface area contributed by atoms with Crippen LogP contribution in [0.25, 0.3) is 0 Å². The summed E-state index contributed by atoms with van der Waals surface area (Å²) < 4.78 is 0. The minimum atomic E-state index is 0.0971. The molecular formula is C26H37N3O. The van der Waals surface area contributed by atoms with Gasteiger partial charge in [-0.25, -0.2) is 0 Å². The van der Waals surface area contributed by atoms with Gasteiger partial charge in [-0.1, -0.05) is 36.4 Å². The summed E-state index contributed by atoms with van der Waals surface area (Å²) in [5.74, 6) is 0. The summed E-state index contributed by atoms with van der Waals surface area (Å²) in [7, 11) is 0. The number of rotatable bonds is 8. The SMILES string of the molecule is OCC1(CCCc2ccccc2)CCCN(C2CCN(Cc3cccnc3)CC2)C1. The first kappa shape index (κ1) is 21.5. The summed E-state index contributed by atoms with van der Waals surface area (Å²) in [6.45, 7) is 5.95. The van der Waals surface area contributed by atoms with Crippen molar-refractivity contribution in [2.75, 3.05) is 32.8 Å². The van der Waals surface area contributed by atoms with Crippen LogP contribution in [-0.2, 0) is 13.0 Å².